The second-order valence-corrected chi connectivity index (χ2v) is 8.05. The van der Waals surface area contributed by atoms with E-state index in [4.69, 9.17) is 4.74 Å². The Morgan fingerprint density at radius 1 is 1.00 bits per heavy atom. The molecular formula is C25H23F3N6O2. The fourth-order valence-electron chi connectivity index (χ4n) is 3.45. The molecule has 4 rings (SSSR count). The Hall–Kier alpha value is -4.12. The lowest BCUT2D eigenvalue weighted by molar-refractivity contribution is -0.137. The normalized spacial score (nSPS) is 11.4. The van der Waals surface area contributed by atoms with Crippen LogP contribution in [0.2, 0.25) is 0 Å². The maximum absolute atomic E-state index is 12.8. The van der Waals surface area contributed by atoms with Crippen LogP contribution in [0.3, 0.4) is 0 Å². The SMILES string of the molecule is COCCn1cc(Cc2ncc(-c3ccc(CC(=O)Nc4cncc(C(F)(F)F)c4)cc3)cn2)cn1. The molecule has 186 valence electrons. The summed E-state index contributed by atoms with van der Waals surface area (Å²) in [5, 5.41) is 6.74. The molecule has 0 atom stereocenters. The monoisotopic (exact) mass is 496 g/mol. The summed E-state index contributed by atoms with van der Waals surface area (Å²) in [5.74, 6) is 0.226. The summed E-state index contributed by atoms with van der Waals surface area (Å²) in [6.07, 6.45) is 5.11. The zero-order valence-electron chi connectivity index (χ0n) is 19.4. The van der Waals surface area contributed by atoms with E-state index in [1.54, 1.807) is 37.8 Å². The maximum Gasteiger partial charge on any atom is 0.417 e. The molecule has 0 aliphatic carbocycles. The van der Waals surface area contributed by atoms with Crippen molar-refractivity contribution in [2.45, 2.75) is 25.6 Å². The van der Waals surface area contributed by atoms with Gasteiger partial charge in [0, 0.05) is 43.9 Å². The highest BCUT2D eigenvalue weighted by Gasteiger charge is 2.31. The zero-order chi connectivity index (χ0) is 25.5. The third-order valence-electron chi connectivity index (χ3n) is 5.28. The van der Waals surface area contributed by atoms with Crippen molar-refractivity contribution in [3.63, 3.8) is 0 Å². The minimum Gasteiger partial charge on any atom is -0.383 e. The van der Waals surface area contributed by atoms with Crippen LogP contribution in [0.1, 0.15) is 22.5 Å². The number of alkyl halides is 3. The second-order valence-electron chi connectivity index (χ2n) is 8.05. The van der Waals surface area contributed by atoms with Crippen molar-refractivity contribution in [3.05, 3.63) is 90.0 Å². The first kappa shape index (κ1) is 25.0. The fraction of sp³-hybridized carbons (Fsp3) is 0.240. The van der Waals surface area contributed by atoms with Gasteiger partial charge in [-0.3, -0.25) is 14.5 Å². The quantitative estimate of drug-likeness (QED) is 0.374. The molecule has 11 heteroatoms. The highest BCUT2D eigenvalue weighted by Crippen LogP contribution is 2.30. The molecule has 1 N–H and O–H groups in total. The average molecular weight is 496 g/mol. The topological polar surface area (TPSA) is 94.8 Å². The zero-order valence-corrected chi connectivity index (χ0v) is 19.4. The highest BCUT2D eigenvalue weighted by atomic mass is 19.4. The summed E-state index contributed by atoms with van der Waals surface area (Å²) in [5.41, 5.74) is 2.48. The van der Waals surface area contributed by atoms with Crippen LogP contribution in [0.15, 0.2) is 67.5 Å². The molecule has 4 aromatic rings. The Morgan fingerprint density at radius 3 is 2.44 bits per heavy atom. The number of benzene rings is 1. The van der Waals surface area contributed by atoms with E-state index >= 15 is 0 Å². The van der Waals surface area contributed by atoms with Gasteiger partial charge in [-0.05, 0) is 22.8 Å². The predicted octanol–water partition coefficient (Wildman–Crippen LogP) is 4.17. The number of ether oxygens (including phenoxy) is 1. The molecule has 0 spiro atoms. The molecule has 0 fully saturated rings. The number of anilines is 1. The van der Waals surface area contributed by atoms with E-state index in [0.29, 0.717) is 37.2 Å². The molecule has 0 saturated heterocycles. The van der Waals surface area contributed by atoms with Crippen molar-refractivity contribution in [1.29, 1.82) is 0 Å². The molecule has 0 aliphatic rings. The molecule has 0 radical (unpaired) electrons. The Labute approximate surface area is 205 Å². The molecule has 0 saturated carbocycles. The fourth-order valence-corrected chi connectivity index (χ4v) is 3.45. The van der Waals surface area contributed by atoms with Crippen LogP contribution in [0.25, 0.3) is 11.1 Å². The van der Waals surface area contributed by atoms with Crippen molar-refractivity contribution in [2.24, 2.45) is 0 Å². The summed E-state index contributed by atoms with van der Waals surface area (Å²) in [4.78, 5) is 24.7. The molecule has 1 amide bonds. The van der Waals surface area contributed by atoms with Gasteiger partial charge in [-0.25, -0.2) is 9.97 Å². The summed E-state index contributed by atoms with van der Waals surface area (Å²) in [6, 6.07) is 8.09. The van der Waals surface area contributed by atoms with Crippen LogP contribution in [-0.4, -0.2) is 44.4 Å². The number of carbonyl (C=O) groups is 1. The number of halogens is 3. The third kappa shape index (κ3) is 6.72. The number of hydrogen-bond acceptors (Lipinski definition) is 6. The van der Waals surface area contributed by atoms with Crippen molar-refractivity contribution in [3.8, 4) is 11.1 Å². The van der Waals surface area contributed by atoms with E-state index in [1.165, 1.54) is 6.20 Å². The lowest BCUT2D eigenvalue weighted by Crippen LogP contribution is -2.15. The van der Waals surface area contributed by atoms with E-state index in [1.807, 2.05) is 23.0 Å². The number of carbonyl (C=O) groups excluding carboxylic acids is 1. The number of aromatic nitrogens is 5. The van der Waals surface area contributed by atoms with E-state index < -0.39 is 17.6 Å². The lowest BCUT2D eigenvalue weighted by atomic mass is 10.0. The molecule has 3 aromatic heterocycles. The molecule has 8 nitrogen and oxygen atoms in total. The lowest BCUT2D eigenvalue weighted by Gasteiger charge is -2.09. The highest BCUT2D eigenvalue weighted by molar-refractivity contribution is 5.92. The molecule has 0 unspecified atom stereocenters. The van der Waals surface area contributed by atoms with Gasteiger partial charge in [0.1, 0.15) is 5.82 Å². The predicted molar refractivity (Wildman–Crippen MR) is 126 cm³/mol. The Balaban J connectivity index is 1.33. The first-order valence-electron chi connectivity index (χ1n) is 11.0. The Kier molecular flexibility index (Phi) is 7.69. The van der Waals surface area contributed by atoms with Crippen molar-refractivity contribution < 1.29 is 22.7 Å². The number of methoxy groups -OCH3 is 1. The second kappa shape index (κ2) is 11.1. The Morgan fingerprint density at radius 2 is 1.75 bits per heavy atom. The number of nitrogens with zero attached hydrogens (tertiary/aromatic N) is 5. The molecule has 1 aromatic carbocycles. The summed E-state index contributed by atoms with van der Waals surface area (Å²) >= 11 is 0. The van der Waals surface area contributed by atoms with E-state index in [0.717, 1.165) is 22.8 Å². The van der Waals surface area contributed by atoms with Crippen molar-refractivity contribution >= 4 is 11.6 Å². The minimum atomic E-state index is -4.53. The summed E-state index contributed by atoms with van der Waals surface area (Å²) in [6.45, 7) is 1.26. The van der Waals surface area contributed by atoms with Crippen molar-refractivity contribution in [2.75, 3.05) is 19.0 Å². The van der Waals surface area contributed by atoms with Gasteiger partial charge < -0.3 is 10.1 Å². The minimum absolute atomic E-state index is 0.00399. The summed E-state index contributed by atoms with van der Waals surface area (Å²) < 4.78 is 45.3. The van der Waals surface area contributed by atoms with Crippen molar-refractivity contribution in [1.82, 2.24) is 24.7 Å². The summed E-state index contributed by atoms with van der Waals surface area (Å²) in [7, 11) is 1.65. The van der Waals surface area contributed by atoms with Gasteiger partial charge in [0.15, 0.2) is 0 Å². The van der Waals surface area contributed by atoms with Gasteiger partial charge in [0.25, 0.3) is 0 Å². The number of nitrogens with one attached hydrogen (secondary N) is 1. The van der Waals surface area contributed by atoms with Gasteiger partial charge in [0.05, 0.1) is 43.2 Å². The number of hydrogen-bond donors (Lipinski definition) is 1. The van der Waals surface area contributed by atoms with E-state index in [2.05, 4.69) is 25.4 Å². The third-order valence-corrected chi connectivity index (χ3v) is 5.28. The van der Waals surface area contributed by atoms with Crippen LogP contribution in [0, 0.1) is 0 Å². The smallest absolute Gasteiger partial charge is 0.383 e. The molecule has 0 bridgehead atoms. The molecule has 3 heterocycles. The number of pyridine rings is 1. The number of rotatable bonds is 9. The van der Waals surface area contributed by atoms with Gasteiger partial charge in [-0.1, -0.05) is 24.3 Å². The van der Waals surface area contributed by atoms with Crippen LogP contribution in [0.5, 0.6) is 0 Å². The van der Waals surface area contributed by atoms with Crippen LogP contribution in [-0.2, 0) is 35.1 Å². The van der Waals surface area contributed by atoms with Crippen LogP contribution >= 0.6 is 0 Å². The van der Waals surface area contributed by atoms with Gasteiger partial charge in [-0.15, -0.1) is 0 Å². The van der Waals surface area contributed by atoms with E-state index in [9.17, 15) is 18.0 Å². The first-order valence-corrected chi connectivity index (χ1v) is 11.0. The van der Waals surface area contributed by atoms with Gasteiger partial charge >= 0.3 is 6.18 Å². The first-order chi connectivity index (χ1) is 17.3. The molecule has 36 heavy (non-hydrogen) atoms. The largest absolute Gasteiger partial charge is 0.417 e. The Bertz CT molecular complexity index is 1300. The van der Waals surface area contributed by atoms with Gasteiger partial charge in [-0.2, -0.15) is 18.3 Å². The molecule has 0 aliphatic heterocycles. The number of amides is 1. The van der Waals surface area contributed by atoms with E-state index in [-0.39, 0.29) is 12.1 Å². The average Bonchev–Trinajstić information content (AvgIpc) is 3.30. The standard InChI is InChI=1S/C25H23F3N6O2/c1-36-7-6-34-16-18(11-32-34)8-23-30-12-20(13-31-23)19-4-2-17(3-5-19)9-24(35)33-22-10-21(14-29-15-22)25(26,27)28/h2-5,10-16H,6-9H2,1H3,(H,33,35). The van der Waals surface area contributed by atoms with Crippen LogP contribution in [0.4, 0.5) is 18.9 Å². The molecular weight excluding hydrogens is 473 g/mol. The van der Waals surface area contributed by atoms with Gasteiger partial charge in [0.2, 0.25) is 5.91 Å². The van der Waals surface area contributed by atoms with Crippen LogP contribution < -0.4 is 5.32 Å². The maximum atomic E-state index is 12.8.